The lowest BCUT2D eigenvalue weighted by molar-refractivity contribution is -0.119. The molecule has 3 rings (SSSR count). The number of likely N-dealkylation sites (N-methyl/N-ethyl adjacent to an activating group) is 1. The van der Waals surface area contributed by atoms with Gasteiger partial charge in [-0.25, -0.2) is 8.42 Å². The summed E-state index contributed by atoms with van der Waals surface area (Å²) in [6.45, 7) is 7.71. The van der Waals surface area contributed by atoms with Gasteiger partial charge in [0.2, 0.25) is 5.91 Å². The average molecular weight is 475 g/mol. The van der Waals surface area contributed by atoms with E-state index in [1.54, 1.807) is 42.5 Å². The predicted octanol–water partition coefficient (Wildman–Crippen LogP) is 2.03. The minimum absolute atomic E-state index is 0.141. The maximum atomic E-state index is 13.3. The van der Waals surface area contributed by atoms with Gasteiger partial charge in [-0.05, 0) is 63.3 Å². The van der Waals surface area contributed by atoms with Gasteiger partial charge in [-0.3, -0.25) is 9.10 Å². The zero-order valence-corrected chi connectivity index (χ0v) is 20.3. The lowest BCUT2D eigenvalue weighted by Crippen LogP contribution is -2.45. The van der Waals surface area contributed by atoms with Crippen molar-refractivity contribution >= 4 is 21.6 Å². The Morgan fingerprint density at radius 1 is 1.03 bits per heavy atom. The fourth-order valence-electron chi connectivity index (χ4n) is 3.70. The molecule has 9 heteroatoms. The van der Waals surface area contributed by atoms with E-state index in [-0.39, 0.29) is 17.3 Å². The smallest absolute Gasteiger partial charge is 0.264 e. The van der Waals surface area contributed by atoms with Crippen molar-refractivity contribution in [2.45, 2.75) is 18.2 Å². The first kappa shape index (κ1) is 25.0. The first-order valence-corrected chi connectivity index (χ1v) is 12.8. The predicted molar refractivity (Wildman–Crippen MR) is 130 cm³/mol. The van der Waals surface area contributed by atoms with E-state index in [9.17, 15) is 13.2 Å². The summed E-state index contributed by atoms with van der Waals surface area (Å²) in [6.07, 6.45) is 0.823. The van der Waals surface area contributed by atoms with Gasteiger partial charge >= 0.3 is 0 Å². The van der Waals surface area contributed by atoms with Crippen molar-refractivity contribution in [1.29, 1.82) is 0 Å². The van der Waals surface area contributed by atoms with Crippen molar-refractivity contribution in [2.24, 2.45) is 0 Å². The Morgan fingerprint density at radius 2 is 1.70 bits per heavy atom. The molecule has 33 heavy (non-hydrogen) atoms. The van der Waals surface area contributed by atoms with Crippen LogP contribution < -0.4 is 14.4 Å². The average Bonchev–Trinajstić information content (AvgIpc) is 2.83. The highest BCUT2D eigenvalue weighted by atomic mass is 32.2. The Balaban J connectivity index is 1.64. The topological polar surface area (TPSA) is 82.2 Å². The maximum Gasteiger partial charge on any atom is 0.264 e. The van der Waals surface area contributed by atoms with E-state index >= 15 is 0 Å². The second kappa shape index (κ2) is 12.0. The molecule has 2 aromatic rings. The molecule has 1 aliphatic rings. The van der Waals surface area contributed by atoms with Crippen LogP contribution in [-0.2, 0) is 14.8 Å². The number of sulfonamides is 1. The zero-order valence-electron chi connectivity index (χ0n) is 19.4. The van der Waals surface area contributed by atoms with Crippen LogP contribution in [0.5, 0.6) is 5.75 Å². The standard InChI is InChI=1S/C24H34N4O4S/c1-3-32-22-12-10-21(11-13-22)28(33(30,31)23-8-5-4-6-9-23)20-24(29)25-14-7-15-27-18-16-26(2)17-19-27/h4-6,8-13H,3,7,14-20H2,1-2H3,(H,25,29). The summed E-state index contributed by atoms with van der Waals surface area (Å²) >= 11 is 0. The fourth-order valence-corrected chi connectivity index (χ4v) is 5.14. The van der Waals surface area contributed by atoms with Gasteiger partial charge in [-0.1, -0.05) is 18.2 Å². The van der Waals surface area contributed by atoms with Crippen LogP contribution >= 0.6 is 0 Å². The van der Waals surface area contributed by atoms with Crippen molar-refractivity contribution in [3.8, 4) is 5.75 Å². The largest absolute Gasteiger partial charge is 0.494 e. The van der Waals surface area contributed by atoms with Gasteiger partial charge in [0, 0.05) is 32.7 Å². The van der Waals surface area contributed by atoms with Crippen molar-refractivity contribution in [3.63, 3.8) is 0 Å². The number of amides is 1. The first-order chi connectivity index (χ1) is 15.9. The summed E-state index contributed by atoms with van der Waals surface area (Å²) in [7, 11) is -1.79. The highest BCUT2D eigenvalue weighted by Crippen LogP contribution is 2.25. The molecule has 1 aliphatic heterocycles. The van der Waals surface area contributed by atoms with Crippen LogP contribution in [0.4, 0.5) is 5.69 Å². The Hall–Kier alpha value is -2.62. The number of rotatable bonds is 11. The molecule has 1 N–H and O–H groups in total. The Bertz CT molecular complexity index is 975. The summed E-state index contributed by atoms with van der Waals surface area (Å²) in [6, 6.07) is 14.9. The van der Waals surface area contributed by atoms with Gasteiger partial charge in [0.1, 0.15) is 12.3 Å². The molecule has 0 bridgehead atoms. The molecule has 1 saturated heterocycles. The number of nitrogens with zero attached hydrogens (tertiary/aromatic N) is 3. The molecule has 0 aromatic heterocycles. The summed E-state index contributed by atoms with van der Waals surface area (Å²) < 4.78 is 33.3. The van der Waals surface area contributed by atoms with E-state index in [1.807, 2.05) is 6.92 Å². The molecule has 2 aromatic carbocycles. The van der Waals surface area contributed by atoms with E-state index in [0.717, 1.165) is 43.4 Å². The second-order valence-electron chi connectivity index (χ2n) is 8.10. The van der Waals surface area contributed by atoms with Crippen LogP contribution in [0.2, 0.25) is 0 Å². The van der Waals surface area contributed by atoms with Crippen molar-refractivity contribution in [1.82, 2.24) is 15.1 Å². The molecule has 0 spiro atoms. The van der Waals surface area contributed by atoms with Gasteiger partial charge in [-0.15, -0.1) is 0 Å². The summed E-state index contributed by atoms with van der Waals surface area (Å²) in [5.74, 6) is 0.313. The summed E-state index contributed by atoms with van der Waals surface area (Å²) in [5, 5.41) is 2.88. The van der Waals surface area contributed by atoms with E-state index in [0.29, 0.717) is 24.6 Å². The first-order valence-electron chi connectivity index (χ1n) is 11.4. The molecule has 1 fully saturated rings. The number of carbonyl (C=O) groups is 1. The third kappa shape index (κ3) is 7.18. The summed E-state index contributed by atoms with van der Waals surface area (Å²) in [5.41, 5.74) is 0.412. The van der Waals surface area contributed by atoms with E-state index in [1.165, 1.54) is 12.1 Å². The molecule has 8 nitrogen and oxygen atoms in total. The Kier molecular flexibility index (Phi) is 9.11. The monoisotopic (exact) mass is 474 g/mol. The van der Waals surface area contributed by atoms with Crippen LogP contribution in [-0.4, -0.2) is 83.6 Å². The van der Waals surface area contributed by atoms with Crippen LogP contribution in [0.15, 0.2) is 59.5 Å². The van der Waals surface area contributed by atoms with Gasteiger partial charge in [0.25, 0.3) is 10.0 Å². The lowest BCUT2D eigenvalue weighted by atomic mass is 10.3. The molecule has 1 amide bonds. The molecule has 1 heterocycles. The number of hydrogen-bond donors (Lipinski definition) is 1. The number of anilines is 1. The minimum atomic E-state index is -3.91. The lowest BCUT2D eigenvalue weighted by Gasteiger charge is -2.32. The van der Waals surface area contributed by atoms with Gasteiger partial charge in [0.15, 0.2) is 0 Å². The second-order valence-corrected chi connectivity index (χ2v) is 9.96. The molecule has 0 aliphatic carbocycles. The molecular formula is C24H34N4O4S. The SMILES string of the molecule is CCOc1ccc(N(CC(=O)NCCCN2CCN(C)CC2)S(=O)(=O)c2ccccc2)cc1. The van der Waals surface area contributed by atoms with E-state index < -0.39 is 10.0 Å². The van der Waals surface area contributed by atoms with Crippen LogP contribution in [0, 0.1) is 0 Å². The molecular weight excluding hydrogens is 440 g/mol. The highest BCUT2D eigenvalue weighted by Gasteiger charge is 2.27. The Labute approximate surface area is 197 Å². The van der Waals surface area contributed by atoms with E-state index in [4.69, 9.17) is 4.74 Å². The molecule has 0 radical (unpaired) electrons. The number of carbonyl (C=O) groups excluding carboxylic acids is 1. The molecule has 0 atom stereocenters. The number of piperazine rings is 1. The maximum absolute atomic E-state index is 13.3. The number of benzene rings is 2. The van der Waals surface area contributed by atoms with Crippen LogP contribution in [0.1, 0.15) is 13.3 Å². The van der Waals surface area contributed by atoms with Crippen molar-refractivity contribution in [3.05, 3.63) is 54.6 Å². The number of ether oxygens (including phenoxy) is 1. The molecule has 180 valence electrons. The van der Waals surface area contributed by atoms with Gasteiger partial charge in [0.05, 0.1) is 17.2 Å². The fraction of sp³-hybridized carbons (Fsp3) is 0.458. The minimum Gasteiger partial charge on any atom is -0.494 e. The normalized spacial score (nSPS) is 15.2. The van der Waals surface area contributed by atoms with Crippen LogP contribution in [0.25, 0.3) is 0 Å². The van der Waals surface area contributed by atoms with Crippen molar-refractivity contribution < 1.29 is 17.9 Å². The molecule has 0 saturated carbocycles. The molecule has 0 unspecified atom stereocenters. The quantitative estimate of drug-likeness (QED) is 0.502. The van der Waals surface area contributed by atoms with Gasteiger partial charge < -0.3 is 19.9 Å². The number of nitrogens with one attached hydrogen (secondary N) is 1. The summed E-state index contributed by atoms with van der Waals surface area (Å²) in [4.78, 5) is 17.5. The number of hydrogen-bond acceptors (Lipinski definition) is 6. The third-order valence-electron chi connectivity index (χ3n) is 5.62. The van der Waals surface area contributed by atoms with Gasteiger partial charge in [-0.2, -0.15) is 0 Å². The van der Waals surface area contributed by atoms with Crippen molar-refractivity contribution in [2.75, 3.05) is 63.8 Å². The van der Waals surface area contributed by atoms with E-state index in [2.05, 4.69) is 22.2 Å². The van der Waals surface area contributed by atoms with Crippen LogP contribution in [0.3, 0.4) is 0 Å². The highest BCUT2D eigenvalue weighted by molar-refractivity contribution is 7.92. The zero-order chi connectivity index (χ0) is 23.7. The Morgan fingerprint density at radius 3 is 2.33 bits per heavy atom. The third-order valence-corrected chi connectivity index (χ3v) is 7.41.